The number of benzene rings is 2. The second kappa shape index (κ2) is 14.6. The van der Waals surface area contributed by atoms with Crippen LogP contribution in [0.15, 0.2) is 47.0 Å². The van der Waals surface area contributed by atoms with Crippen LogP contribution in [0.25, 0.3) is 55.3 Å². The van der Waals surface area contributed by atoms with Crippen molar-refractivity contribution < 1.29 is 28.3 Å². The number of imidazole rings is 2. The molecule has 8 rings (SSSR count). The SMILES string of the molecule is COC(=O)N[C@H](C(=O)N1CCC[C@H]1c1nc2ccc3cc(-c4cc5ccc6nc([C@@H]7CCCN7C(=O)[C@@H](NC(C)=O)C(C)C)[nH]c6c5o4)cnc3c2[nH]1)C(C)C. The molecule has 15 nitrogen and oxygen atoms in total. The van der Waals surface area contributed by atoms with Crippen LogP contribution in [0.4, 0.5) is 4.79 Å². The topological polar surface area (TPSA) is 191 Å². The van der Waals surface area contributed by atoms with Crippen molar-refractivity contribution in [1.29, 1.82) is 0 Å². The number of pyridine rings is 1. The maximum atomic E-state index is 13.7. The van der Waals surface area contributed by atoms with Gasteiger partial charge in [0.15, 0.2) is 5.58 Å². The molecule has 0 bridgehead atoms. The number of fused-ring (bicyclic) bond motifs is 6. The smallest absolute Gasteiger partial charge is 0.407 e. The lowest BCUT2D eigenvalue weighted by atomic mass is 10.0. The summed E-state index contributed by atoms with van der Waals surface area (Å²) < 4.78 is 11.3. The van der Waals surface area contributed by atoms with Crippen molar-refractivity contribution in [3.05, 3.63) is 54.2 Å². The molecule has 4 amide bonds. The van der Waals surface area contributed by atoms with Gasteiger partial charge in [0.2, 0.25) is 17.7 Å². The number of nitrogens with one attached hydrogen (secondary N) is 4. The van der Waals surface area contributed by atoms with Crippen molar-refractivity contribution in [2.45, 2.75) is 84.5 Å². The predicted octanol–water partition coefficient (Wildman–Crippen LogP) is 6.27. The summed E-state index contributed by atoms with van der Waals surface area (Å²) in [7, 11) is 1.28. The molecule has 6 heterocycles. The number of H-pyrrole nitrogens is 2. The molecule has 4 N–H and O–H groups in total. The first-order valence-electron chi connectivity index (χ1n) is 19.3. The maximum Gasteiger partial charge on any atom is 0.407 e. The van der Waals surface area contributed by atoms with Crippen LogP contribution in [0.2, 0.25) is 0 Å². The van der Waals surface area contributed by atoms with Crippen molar-refractivity contribution in [1.82, 2.24) is 45.4 Å². The number of nitrogens with zero attached hydrogens (tertiary/aromatic N) is 5. The Balaban J connectivity index is 1.07. The van der Waals surface area contributed by atoms with E-state index in [1.165, 1.54) is 14.0 Å². The third kappa shape index (κ3) is 6.58. The minimum atomic E-state index is -0.717. The molecular formula is C41H47N9O6. The normalized spacial score (nSPS) is 18.5. The fourth-order valence-electron chi connectivity index (χ4n) is 8.30. The molecule has 4 aromatic heterocycles. The molecule has 0 aliphatic carbocycles. The molecule has 15 heteroatoms. The van der Waals surface area contributed by atoms with Gasteiger partial charge in [0, 0.05) is 42.5 Å². The predicted molar refractivity (Wildman–Crippen MR) is 210 cm³/mol. The van der Waals surface area contributed by atoms with Crippen molar-refractivity contribution in [3.63, 3.8) is 0 Å². The Morgan fingerprint density at radius 2 is 1.38 bits per heavy atom. The van der Waals surface area contributed by atoms with Gasteiger partial charge in [-0.3, -0.25) is 19.4 Å². The molecule has 0 saturated carbocycles. The van der Waals surface area contributed by atoms with Gasteiger partial charge in [-0.25, -0.2) is 14.8 Å². The van der Waals surface area contributed by atoms with Crippen molar-refractivity contribution >= 4 is 67.8 Å². The number of furan rings is 1. The van der Waals surface area contributed by atoms with Crippen LogP contribution in [0, 0.1) is 11.8 Å². The summed E-state index contributed by atoms with van der Waals surface area (Å²) in [5.41, 5.74) is 5.24. The Kier molecular flexibility index (Phi) is 9.63. The van der Waals surface area contributed by atoms with Gasteiger partial charge < -0.3 is 39.6 Å². The van der Waals surface area contributed by atoms with E-state index in [9.17, 15) is 19.2 Å². The minimum Gasteiger partial charge on any atom is -0.454 e. The molecule has 2 aromatic carbocycles. The van der Waals surface area contributed by atoms with E-state index >= 15 is 0 Å². The molecule has 0 unspecified atom stereocenters. The number of hydrogen-bond acceptors (Lipinski definition) is 9. The molecule has 2 aliphatic rings. The van der Waals surface area contributed by atoms with Gasteiger partial charge in [-0.2, -0.15) is 0 Å². The van der Waals surface area contributed by atoms with Gasteiger partial charge >= 0.3 is 6.09 Å². The summed E-state index contributed by atoms with van der Waals surface area (Å²) in [5, 5.41) is 7.33. The first-order valence-corrected chi connectivity index (χ1v) is 19.3. The van der Waals surface area contributed by atoms with Crippen LogP contribution in [0.3, 0.4) is 0 Å². The average Bonchev–Trinajstić information content (AvgIpc) is 4.02. The first kappa shape index (κ1) is 37.0. The summed E-state index contributed by atoms with van der Waals surface area (Å²) in [6, 6.07) is 10.1. The summed E-state index contributed by atoms with van der Waals surface area (Å²) in [6.07, 6.45) is 4.32. The van der Waals surface area contributed by atoms with E-state index in [0.717, 1.165) is 69.6 Å². The minimum absolute atomic E-state index is 0.0564. The quantitative estimate of drug-likeness (QED) is 0.132. The lowest BCUT2D eigenvalue weighted by Crippen LogP contribution is -2.51. The maximum absolute atomic E-state index is 13.7. The van der Waals surface area contributed by atoms with Gasteiger partial charge in [-0.05, 0) is 67.9 Å². The second-order valence-electron chi connectivity index (χ2n) is 15.6. The third-order valence-corrected chi connectivity index (χ3v) is 11.2. The van der Waals surface area contributed by atoms with Gasteiger partial charge in [0.25, 0.3) is 0 Å². The monoisotopic (exact) mass is 761 g/mol. The molecule has 0 spiro atoms. The highest BCUT2D eigenvalue weighted by atomic mass is 16.5. The van der Waals surface area contributed by atoms with Gasteiger partial charge in [0.1, 0.15) is 35.0 Å². The van der Waals surface area contributed by atoms with E-state index in [1.807, 2.05) is 69.0 Å². The number of carbonyl (C=O) groups is 4. The highest BCUT2D eigenvalue weighted by Gasteiger charge is 2.39. The lowest BCUT2D eigenvalue weighted by molar-refractivity contribution is -0.138. The van der Waals surface area contributed by atoms with Crippen LogP contribution in [0.1, 0.15) is 84.0 Å². The third-order valence-electron chi connectivity index (χ3n) is 11.2. The number of alkyl carbamates (subject to hydrolysis) is 1. The van der Waals surface area contributed by atoms with Crippen molar-refractivity contribution in [2.24, 2.45) is 11.8 Å². The van der Waals surface area contributed by atoms with Gasteiger partial charge in [0.05, 0.1) is 41.3 Å². The summed E-state index contributed by atoms with van der Waals surface area (Å²) >= 11 is 0. The van der Waals surface area contributed by atoms with Gasteiger partial charge in [-0.15, -0.1) is 0 Å². The van der Waals surface area contributed by atoms with E-state index in [0.29, 0.717) is 36.1 Å². The van der Waals surface area contributed by atoms with Crippen LogP contribution >= 0.6 is 0 Å². The summed E-state index contributed by atoms with van der Waals surface area (Å²) in [6.45, 7) is 10.2. The number of methoxy groups -OCH3 is 1. The van der Waals surface area contributed by atoms with Crippen LogP contribution < -0.4 is 10.6 Å². The first-order chi connectivity index (χ1) is 26.9. The second-order valence-corrected chi connectivity index (χ2v) is 15.6. The fraction of sp³-hybridized carbons (Fsp3) is 0.439. The Hall–Kier alpha value is -5.99. The van der Waals surface area contributed by atoms with E-state index in [2.05, 4.69) is 20.6 Å². The van der Waals surface area contributed by atoms with Crippen molar-refractivity contribution in [3.8, 4) is 11.3 Å². The lowest BCUT2D eigenvalue weighted by Gasteiger charge is -2.30. The standard InChI is InChI=1S/C41H47N9O6/c1-20(2)31(43-22(5)51)39(52)49-15-8-10-29(49)38-45-27-14-12-24-18-30(56-36(24)35(27)47-38)25-17-23-11-13-26-34(33(23)42-19-25)46-37(44-26)28-9-7-16-50(28)40(53)32(21(3)4)48-41(54)55-6/h11-14,17-21,28-29,31-32H,7-10,15-16H2,1-6H3,(H,43,51)(H,44,46)(H,45,47)(H,48,54)/t28-,29-,31-,32-/m0/s1. The molecule has 4 atom stereocenters. The number of carbonyl (C=O) groups excluding carboxylic acids is 4. The van der Waals surface area contributed by atoms with E-state index in [4.69, 9.17) is 24.1 Å². The number of ether oxygens (including phenoxy) is 1. The van der Waals surface area contributed by atoms with E-state index < -0.39 is 18.2 Å². The van der Waals surface area contributed by atoms with Crippen LogP contribution in [-0.4, -0.2) is 90.8 Å². The molecule has 2 saturated heterocycles. The van der Waals surface area contributed by atoms with E-state index in [1.54, 1.807) is 11.1 Å². The Bertz CT molecular complexity index is 2500. The molecular weight excluding hydrogens is 715 g/mol. The number of aromatic nitrogens is 5. The van der Waals surface area contributed by atoms with Crippen LogP contribution in [0.5, 0.6) is 0 Å². The zero-order chi connectivity index (χ0) is 39.4. The zero-order valence-corrected chi connectivity index (χ0v) is 32.4. The summed E-state index contributed by atoms with van der Waals surface area (Å²) in [4.78, 5) is 76.5. The highest BCUT2D eigenvalue weighted by molar-refractivity contribution is 6.04. The number of amides is 4. The molecule has 56 heavy (non-hydrogen) atoms. The van der Waals surface area contributed by atoms with Gasteiger partial charge in [-0.1, -0.05) is 33.8 Å². The number of rotatable bonds is 9. The van der Waals surface area contributed by atoms with E-state index in [-0.39, 0.29) is 41.6 Å². The molecule has 6 aromatic rings. The molecule has 292 valence electrons. The Morgan fingerprint density at radius 3 is 1.96 bits per heavy atom. The number of hydrogen-bond donors (Lipinski definition) is 4. The molecule has 0 radical (unpaired) electrons. The van der Waals surface area contributed by atoms with Crippen molar-refractivity contribution in [2.75, 3.05) is 20.2 Å². The largest absolute Gasteiger partial charge is 0.454 e. The van der Waals surface area contributed by atoms with Crippen LogP contribution in [-0.2, 0) is 19.1 Å². The Labute approximate surface area is 322 Å². The molecule has 2 fully saturated rings. The number of likely N-dealkylation sites (tertiary alicyclic amines) is 2. The zero-order valence-electron chi connectivity index (χ0n) is 32.4. The molecule has 2 aliphatic heterocycles. The average molecular weight is 762 g/mol. The number of aromatic amines is 2. The highest BCUT2D eigenvalue weighted by Crippen LogP contribution is 2.38. The summed E-state index contributed by atoms with van der Waals surface area (Å²) in [5.74, 6) is 1.35. The fourth-order valence-corrected chi connectivity index (χ4v) is 8.30. The Morgan fingerprint density at radius 1 is 0.804 bits per heavy atom.